The average molecular weight is 214 g/mol. The molecule has 1 unspecified atom stereocenters. The number of nitrogens with zero attached hydrogens (tertiary/aromatic N) is 1. The first-order valence-corrected chi connectivity index (χ1v) is 6.06. The van der Waals surface area contributed by atoms with Gasteiger partial charge in [0.2, 0.25) is 0 Å². The molecule has 90 valence electrons. The molecule has 0 spiro atoms. The van der Waals surface area contributed by atoms with Crippen LogP contribution in [0.5, 0.6) is 0 Å². The monoisotopic (exact) mass is 214 g/mol. The maximum absolute atomic E-state index is 5.22. The fourth-order valence-corrected chi connectivity index (χ4v) is 1.73. The van der Waals surface area contributed by atoms with Gasteiger partial charge in [-0.05, 0) is 20.4 Å². The Labute approximate surface area is 94.2 Å². The molecule has 1 rings (SSSR count). The highest BCUT2D eigenvalue weighted by Gasteiger charge is 2.32. The molecule has 0 aromatic heterocycles. The van der Waals surface area contributed by atoms with Crippen LogP contribution in [0, 0.1) is 5.41 Å². The molecule has 0 aromatic carbocycles. The zero-order chi connectivity index (χ0) is 11.3. The summed E-state index contributed by atoms with van der Waals surface area (Å²) in [5, 5.41) is 3.52. The molecule has 1 heterocycles. The van der Waals surface area contributed by atoms with Gasteiger partial charge in [0.15, 0.2) is 0 Å². The Balaban J connectivity index is 2.01. The molecule has 15 heavy (non-hydrogen) atoms. The van der Waals surface area contributed by atoms with Crippen molar-refractivity contribution < 1.29 is 4.74 Å². The Bertz CT molecular complexity index is 180. The standard InChI is InChI=1S/C12H26N2O/c1-5-11(2)14(4)7-6-13-8-12(3)9-15-10-12/h11,13H,5-10H2,1-4H3. The van der Waals surface area contributed by atoms with Crippen LogP contribution < -0.4 is 5.32 Å². The van der Waals surface area contributed by atoms with Crippen molar-refractivity contribution in [3.63, 3.8) is 0 Å². The predicted octanol–water partition coefficient (Wildman–Crippen LogP) is 1.34. The first kappa shape index (κ1) is 12.9. The highest BCUT2D eigenvalue weighted by Crippen LogP contribution is 2.24. The van der Waals surface area contributed by atoms with Gasteiger partial charge in [0.25, 0.3) is 0 Å². The molecule has 0 radical (unpaired) electrons. The van der Waals surface area contributed by atoms with Crippen molar-refractivity contribution in [1.82, 2.24) is 10.2 Å². The Hall–Kier alpha value is -0.120. The van der Waals surface area contributed by atoms with Crippen molar-refractivity contribution in [3.8, 4) is 0 Å². The largest absolute Gasteiger partial charge is 0.380 e. The van der Waals surface area contributed by atoms with E-state index in [1.807, 2.05) is 0 Å². The molecular weight excluding hydrogens is 188 g/mol. The summed E-state index contributed by atoms with van der Waals surface area (Å²) >= 11 is 0. The van der Waals surface area contributed by atoms with Crippen molar-refractivity contribution in [2.24, 2.45) is 5.41 Å². The van der Waals surface area contributed by atoms with Crippen LogP contribution in [0.25, 0.3) is 0 Å². The minimum absolute atomic E-state index is 0.398. The molecule has 1 aliphatic heterocycles. The van der Waals surface area contributed by atoms with Gasteiger partial charge < -0.3 is 15.0 Å². The third-order valence-corrected chi connectivity index (χ3v) is 3.44. The van der Waals surface area contributed by atoms with E-state index < -0.39 is 0 Å². The summed E-state index contributed by atoms with van der Waals surface area (Å²) in [6, 6.07) is 0.689. The molecule has 0 aliphatic carbocycles. The van der Waals surface area contributed by atoms with Crippen LogP contribution in [-0.2, 0) is 4.74 Å². The number of hydrogen-bond donors (Lipinski definition) is 1. The molecule has 1 N–H and O–H groups in total. The predicted molar refractivity (Wildman–Crippen MR) is 64.2 cm³/mol. The lowest BCUT2D eigenvalue weighted by Gasteiger charge is -2.38. The fraction of sp³-hybridized carbons (Fsp3) is 1.00. The topological polar surface area (TPSA) is 24.5 Å². The smallest absolute Gasteiger partial charge is 0.0554 e. The second kappa shape index (κ2) is 5.83. The number of hydrogen-bond acceptors (Lipinski definition) is 3. The zero-order valence-corrected chi connectivity index (χ0v) is 10.7. The highest BCUT2D eigenvalue weighted by atomic mass is 16.5. The van der Waals surface area contributed by atoms with Gasteiger partial charge in [-0.15, -0.1) is 0 Å². The van der Waals surface area contributed by atoms with Gasteiger partial charge in [-0.1, -0.05) is 13.8 Å². The fourth-order valence-electron chi connectivity index (χ4n) is 1.73. The molecule has 1 atom stereocenters. The maximum atomic E-state index is 5.22. The van der Waals surface area contributed by atoms with E-state index in [4.69, 9.17) is 4.74 Å². The molecule has 1 aliphatic rings. The average Bonchev–Trinajstić information content (AvgIpc) is 2.20. The third-order valence-electron chi connectivity index (χ3n) is 3.44. The molecule has 1 fully saturated rings. The minimum atomic E-state index is 0.398. The van der Waals surface area contributed by atoms with Crippen LogP contribution in [0.3, 0.4) is 0 Å². The van der Waals surface area contributed by atoms with Gasteiger partial charge in [0.05, 0.1) is 13.2 Å². The summed E-state index contributed by atoms with van der Waals surface area (Å²) in [5.41, 5.74) is 0.398. The van der Waals surface area contributed by atoms with E-state index in [2.05, 4.69) is 38.0 Å². The van der Waals surface area contributed by atoms with E-state index in [0.717, 1.165) is 32.8 Å². The Kier molecular flexibility index (Phi) is 5.03. The molecule has 0 aromatic rings. The van der Waals surface area contributed by atoms with E-state index in [1.54, 1.807) is 0 Å². The van der Waals surface area contributed by atoms with Crippen LogP contribution in [0.2, 0.25) is 0 Å². The zero-order valence-electron chi connectivity index (χ0n) is 10.7. The SMILES string of the molecule is CCC(C)N(C)CCNCC1(C)COC1. The first-order valence-electron chi connectivity index (χ1n) is 6.06. The van der Waals surface area contributed by atoms with Gasteiger partial charge in [0.1, 0.15) is 0 Å². The van der Waals surface area contributed by atoms with Crippen molar-refractivity contribution in [2.45, 2.75) is 33.2 Å². The molecule has 0 bridgehead atoms. The van der Waals surface area contributed by atoms with Crippen molar-refractivity contribution in [1.29, 1.82) is 0 Å². The summed E-state index contributed by atoms with van der Waals surface area (Å²) in [5.74, 6) is 0. The normalized spacial score (nSPS) is 21.4. The summed E-state index contributed by atoms with van der Waals surface area (Å²) in [6.45, 7) is 11.9. The van der Waals surface area contributed by atoms with Crippen molar-refractivity contribution in [2.75, 3.05) is 39.9 Å². The van der Waals surface area contributed by atoms with Crippen LogP contribution in [-0.4, -0.2) is 50.8 Å². The quantitative estimate of drug-likeness (QED) is 0.647. The van der Waals surface area contributed by atoms with Crippen LogP contribution in [0.15, 0.2) is 0 Å². The van der Waals surface area contributed by atoms with Gasteiger partial charge in [-0.3, -0.25) is 0 Å². The minimum Gasteiger partial charge on any atom is -0.380 e. The Morgan fingerprint density at radius 3 is 2.60 bits per heavy atom. The molecule has 0 amide bonds. The molecule has 0 saturated carbocycles. The van der Waals surface area contributed by atoms with E-state index in [0.29, 0.717) is 11.5 Å². The van der Waals surface area contributed by atoms with Crippen molar-refractivity contribution >= 4 is 0 Å². The highest BCUT2D eigenvalue weighted by molar-refractivity contribution is 4.82. The summed E-state index contributed by atoms with van der Waals surface area (Å²) in [7, 11) is 2.20. The van der Waals surface area contributed by atoms with Gasteiger partial charge >= 0.3 is 0 Å². The second-order valence-electron chi connectivity index (χ2n) is 5.22. The van der Waals surface area contributed by atoms with Crippen LogP contribution in [0.4, 0.5) is 0 Å². The Morgan fingerprint density at radius 2 is 2.13 bits per heavy atom. The van der Waals surface area contributed by atoms with E-state index >= 15 is 0 Å². The second-order valence-corrected chi connectivity index (χ2v) is 5.22. The molecule has 3 nitrogen and oxygen atoms in total. The van der Waals surface area contributed by atoms with Crippen LogP contribution >= 0.6 is 0 Å². The number of nitrogens with one attached hydrogen (secondary N) is 1. The molecular formula is C12H26N2O. The Morgan fingerprint density at radius 1 is 1.47 bits per heavy atom. The van der Waals surface area contributed by atoms with Gasteiger partial charge in [-0.2, -0.15) is 0 Å². The van der Waals surface area contributed by atoms with Crippen LogP contribution in [0.1, 0.15) is 27.2 Å². The van der Waals surface area contributed by atoms with E-state index in [-0.39, 0.29) is 0 Å². The first-order chi connectivity index (χ1) is 7.07. The molecule has 3 heteroatoms. The number of likely N-dealkylation sites (N-methyl/N-ethyl adjacent to an activating group) is 1. The molecule has 1 saturated heterocycles. The third kappa shape index (κ3) is 4.09. The lowest BCUT2D eigenvalue weighted by molar-refractivity contribution is -0.0990. The maximum Gasteiger partial charge on any atom is 0.0554 e. The van der Waals surface area contributed by atoms with Gasteiger partial charge in [-0.25, -0.2) is 0 Å². The summed E-state index contributed by atoms with van der Waals surface area (Å²) in [4.78, 5) is 2.41. The van der Waals surface area contributed by atoms with E-state index in [9.17, 15) is 0 Å². The van der Waals surface area contributed by atoms with Crippen molar-refractivity contribution in [3.05, 3.63) is 0 Å². The summed E-state index contributed by atoms with van der Waals surface area (Å²) < 4.78 is 5.22. The number of rotatable bonds is 7. The van der Waals surface area contributed by atoms with Gasteiger partial charge in [0, 0.05) is 31.1 Å². The lowest BCUT2D eigenvalue weighted by Crippen LogP contribution is -2.48. The summed E-state index contributed by atoms with van der Waals surface area (Å²) in [6.07, 6.45) is 1.22. The number of ether oxygens (including phenoxy) is 1. The lowest BCUT2D eigenvalue weighted by atomic mass is 9.89. The van der Waals surface area contributed by atoms with E-state index in [1.165, 1.54) is 6.42 Å².